The number of allylic oxidation sites excluding steroid dienone is 2. The number of hydrogen-bond acceptors (Lipinski definition) is 1. The fourth-order valence-electron chi connectivity index (χ4n) is 3.88. The smallest absolute Gasteiger partial charge is 0.0389 e. The summed E-state index contributed by atoms with van der Waals surface area (Å²) < 4.78 is 0. The predicted octanol–water partition coefficient (Wildman–Crippen LogP) is 3.85. The van der Waals surface area contributed by atoms with Crippen molar-refractivity contribution in [2.24, 2.45) is 21.7 Å². The maximum absolute atomic E-state index is 4.50. The number of fused-ring (bicyclic) bond motifs is 1. The molecule has 0 aromatic carbocycles. The van der Waals surface area contributed by atoms with Gasteiger partial charge in [-0.05, 0) is 36.7 Å². The van der Waals surface area contributed by atoms with Crippen molar-refractivity contribution in [2.75, 3.05) is 7.05 Å². The van der Waals surface area contributed by atoms with Gasteiger partial charge in [0.25, 0.3) is 0 Å². The van der Waals surface area contributed by atoms with E-state index in [-0.39, 0.29) is 0 Å². The van der Waals surface area contributed by atoms with Gasteiger partial charge in [-0.1, -0.05) is 32.8 Å². The summed E-state index contributed by atoms with van der Waals surface area (Å²) in [5, 5.41) is 0. The molecule has 1 nitrogen and oxygen atoms in total. The molecule has 0 radical (unpaired) electrons. The molecular weight excluding hydrogens is 182 g/mol. The minimum Gasteiger partial charge on any atom is -0.293 e. The van der Waals surface area contributed by atoms with Gasteiger partial charge in [-0.2, -0.15) is 0 Å². The van der Waals surface area contributed by atoms with Crippen molar-refractivity contribution >= 4 is 5.71 Å². The molecule has 1 heteroatoms. The highest BCUT2D eigenvalue weighted by Crippen LogP contribution is 2.58. The topological polar surface area (TPSA) is 12.4 Å². The van der Waals surface area contributed by atoms with Gasteiger partial charge in [-0.15, -0.1) is 0 Å². The molecule has 15 heavy (non-hydrogen) atoms. The quantitative estimate of drug-likeness (QED) is 0.569. The highest BCUT2D eigenvalue weighted by Gasteiger charge is 2.52. The van der Waals surface area contributed by atoms with Crippen molar-refractivity contribution in [3.63, 3.8) is 0 Å². The molecule has 0 aliphatic heterocycles. The molecule has 2 rings (SSSR count). The van der Waals surface area contributed by atoms with Gasteiger partial charge >= 0.3 is 0 Å². The lowest BCUT2D eigenvalue weighted by Gasteiger charge is -2.48. The van der Waals surface area contributed by atoms with Crippen LogP contribution in [0.25, 0.3) is 0 Å². The zero-order valence-electron chi connectivity index (χ0n) is 10.7. The molecule has 0 unspecified atom stereocenters. The van der Waals surface area contributed by atoms with E-state index in [1.165, 1.54) is 25.0 Å². The second kappa shape index (κ2) is 3.20. The van der Waals surface area contributed by atoms with Crippen molar-refractivity contribution in [3.05, 3.63) is 11.6 Å². The van der Waals surface area contributed by atoms with Gasteiger partial charge in [-0.3, -0.25) is 4.99 Å². The van der Waals surface area contributed by atoms with E-state index in [9.17, 15) is 0 Å². The van der Waals surface area contributed by atoms with Crippen LogP contribution in [0.5, 0.6) is 0 Å². The van der Waals surface area contributed by atoms with E-state index in [1.807, 2.05) is 7.05 Å². The van der Waals surface area contributed by atoms with E-state index in [0.29, 0.717) is 16.7 Å². The van der Waals surface area contributed by atoms with E-state index in [0.717, 1.165) is 0 Å². The van der Waals surface area contributed by atoms with Gasteiger partial charge < -0.3 is 0 Å². The normalized spacial score (nSPS) is 41.5. The summed E-state index contributed by atoms with van der Waals surface area (Å²) in [6, 6.07) is 0. The van der Waals surface area contributed by atoms with E-state index < -0.39 is 0 Å². The maximum atomic E-state index is 4.50. The molecule has 0 N–H and O–H groups in total. The van der Waals surface area contributed by atoms with Gasteiger partial charge in [0.05, 0.1) is 0 Å². The van der Waals surface area contributed by atoms with E-state index in [2.05, 4.69) is 38.8 Å². The zero-order valence-corrected chi connectivity index (χ0v) is 10.7. The molecule has 0 bridgehead atoms. The first-order chi connectivity index (χ1) is 6.92. The molecule has 0 heterocycles. The van der Waals surface area contributed by atoms with E-state index in [4.69, 9.17) is 0 Å². The molecular formula is C14H23N. The average molecular weight is 205 g/mol. The minimum atomic E-state index is 0.386. The minimum absolute atomic E-state index is 0.386. The molecule has 1 fully saturated rings. The van der Waals surface area contributed by atoms with Crippen LogP contribution in [0.1, 0.15) is 47.0 Å². The summed E-state index contributed by atoms with van der Waals surface area (Å²) >= 11 is 0. The lowest BCUT2D eigenvalue weighted by molar-refractivity contribution is 0.0842. The second-order valence-electron chi connectivity index (χ2n) is 6.17. The summed E-state index contributed by atoms with van der Waals surface area (Å²) in [5.74, 6) is 0.642. The Morgan fingerprint density at radius 1 is 1.27 bits per heavy atom. The first-order valence-corrected chi connectivity index (χ1v) is 6.07. The first kappa shape index (κ1) is 10.9. The number of nitrogens with zero attached hydrogens (tertiary/aromatic N) is 1. The Hall–Kier alpha value is -0.590. The molecule has 0 spiro atoms. The van der Waals surface area contributed by atoms with E-state index >= 15 is 0 Å². The summed E-state index contributed by atoms with van der Waals surface area (Å²) in [6.45, 7) is 9.54. The van der Waals surface area contributed by atoms with Crippen LogP contribution in [-0.4, -0.2) is 12.8 Å². The molecule has 84 valence electrons. The largest absolute Gasteiger partial charge is 0.293 e. The molecule has 0 aromatic heterocycles. The van der Waals surface area contributed by atoms with Crippen molar-refractivity contribution in [3.8, 4) is 0 Å². The van der Waals surface area contributed by atoms with Crippen molar-refractivity contribution in [1.29, 1.82) is 0 Å². The molecule has 2 aliphatic carbocycles. The van der Waals surface area contributed by atoms with E-state index in [1.54, 1.807) is 5.57 Å². The summed E-state index contributed by atoms with van der Waals surface area (Å²) in [4.78, 5) is 4.50. The standard InChI is InChI=1S/C14H23N/c1-10-9-11(15-5)12-13(2,3)7-6-8-14(10,12)4/h9,12H,6-8H2,1-5H3/t12-,14-/m0/s1. The van der Waals surface area contributed by atoms with Crippen LogP contribution in [0.15, 0.2) is 16.6 Å². The number of rotatable bonds is 0. The van der Waals surface area contributed by atoms with Crippen LogP contribution < -0.4 is 0 Å². The van der Waals surface area contributed by atoms with Crippen LogP contribution >= 0.6 is 0 Å². The van der Waals surface area contributed by atoms with Gasteiger partial charge in [0.2, 0.25) is 0 Å². The predicted molar refractivity (Wildman–Crippen MR) is 66.3 cm³/mol. The Morgan fingerprint density at radius 3 is 2.53 bits per heavy atom. The summed E-state index contributed by atoms with van der Waals surface area (Å²) in [7, 11) is 1.94. The Bertz CT molecular complexity index is 335. The van der Waals surface area contributed by atoms with Crippen LogP contribution in [-0.2, 0) is 0 Å². The van der Waals surface area contributed by atoms with Crippen molar-refractivity contribution in [2.45, 2.75) is 47.0 Å². The van der Waals surface area contributed by atoms with Gasteiger partial charge in [0.1, 0.15) is 0 Å². The van der Waals surface area contributed by atoms with Gasteiger partial charge in [0, 0.05) is 18.7 Å². The van der Waals surface area contributed by atoms with Crippen LogP contribution in [0, 0.1) is 16.7 Å². The van der Waals surface area contributed by atoms with Crippen LogP contribution in [0.3, 0.4) is 0 Å². The Morgan fingerprint density at radius 2 is 1.93 bits per heavy atom. The second-order valence-corrected chi connectivity index (χ2v) is 6.17. The zero-order chi connectivity index (χ0) is 11.3. The first-order valence-electron chi connectivity index (χ1n) is 6.07. The number of aliphatic imine (C=N–C) groups is 1. The molecule has 2 aliphatic rings. The summed E-state index contributed by atoms with van der Waals surface area (Å²) in [5.41, 5.74) is 3.67. The lowest BCUT2D eigenvalue weighted by atomic mass is 9.56. The third-order valence-corrected chi connectivity index (χ3v) is 4.76. The monoisotopic (exact) mass is 205 g/mol. The van der Waals surface area contributed by atoms with Crippen LogP contribution in [0.4, 0.5) is 0 Å². The molecule has 1 saturated carbocycles. The fraction of sp³-hybridized carbons (Fsp3) is 0.786. The SMILES string of the molecule is CN=C1C=C(C)[C@]2(C)CCCC(C)(C)[C@H]12. The maximum Gasteiger partial charge on any atom is 0.0389 e. The lowest BCUT2D eigenvalue weighted by Crippen LogP contribution is -2.43. The fourth-order valence-corrected chi connectivity index (χ4v) is 3.88. The number of hydrogen-bond donors (Lipinski definition) is 0. The molecule has 0 amide bonds. The third-order valence-electron chi connectivity index (χ3n) is 4.76. The average Bonchev–Trinajstić information content (AvgIpc) is 2.39. The Kier molecular flexibility index (Phi) is 2.33. The highest BCUT2D eigenvalue weighted by atomic mass is 14.7. The van der Waals surface area contributed by atoms with Gasteiger partial charge in [-0.25, -0.2) is 0 Å². The van der Waals surface area contributed by atoms with Crippen molar-refractivity contribution < 1.29 is 0 Å². The third kappa shape index (κ3) is 1.39. The van der Waals surface area contributed by atoms with Gasteiger partial charge in [0.15, 0.2) is 0 Å². The molecule has 2 atom stereocenters. The highest BCUT2D eigenvalue weighted by molar-refractivity contribution is 6.01. The Balaban J connectivity index is 2.48. The Labute approximate surface area is 93.7 Å². The molecule has 0 saturated heterocycles. The summed E-state index contributed by atoms with van der Waals surface area (Å²) in [6.07, 6.45) is 6.37. The molecule has 0 aromatic rings. The van der Waals surface area contributed by atoms with Crippen molar-refractivity contribution in [1.82, 2.24) is 0 Å². The van der Waals surface area contributed by atoms with Crippen LogP contribution in [0.2, 0.25) is 0 Å².